The van der Waals surface area contributed by atoms with Crippen molar-refractivity contribution >= 4 is 15.7 Å². The van der Waals surface area contributed by atoms with Gasteiger partial charge in [0.1, 0.15) is 0 Å². The number of hydrogen-bond acceptors (Lipinski definition) is 4. The lowest BCUT2D eigenvalue weighted by atomic mass is 10.1. The number of carbonyl (C=O) groups excluding carboxylic acids is 1. The van der Waals surface area contributed by atoms with Gasteiger partial charge in [-0.2, -0.15) is 0 Å². The fourth-order valence-electron chi connectivity index (χ4n) is 3.30. The molecule has 2 heterocycles. The van der Waals surface area contributed by atoms with Gasteiger partial charge in [0.15, 0.2) is 9.84 Å². The highest BCUT2D eigenvalue weighted by atomic mass is 32.2. The normalized spacial score (nSPS) is 23.9. The number of nitrogens with zero attached hydrogens (tertiary/aromatic N) is 1. The van der Waals surface area contributed by atoms with Crippen LogP contribution < -0.4 is 5.32 Å². The summed E-state index contributed by atoms with van der Waals surface area (Å²) in [6.07, 6.45) is 3.03. The highest BCUT2D eigenvalue weighted by molar-refractivity contribution is 7.91. The molecule has 1 aromatic rings. The SMILES string of the molecule is O=C(NCc1ccc(CN2CCCC2)cc1)C1CCS(=O)(=O)C1. The van der Waals surface area contributed by atoms with Crippen LogP contribution in [-0.4, -0.2) is 43.8 Å². The maximum absolute atomic E-state index is 12.0. The van der Waals surface area contributed by atoms with Crippen LogP contribution in [0.4, 0.5) is 0 Å². The zero-order valence-corrected chi connectivity index (χ0v) is 14.1. The summed E-state index contributed by atoms with van der Waals surface area (Å²) in [4.78, 5) is 14.5. The van der Waals surface area contributed by atoms with Gasteiger partial charge in [0, 0.05) is 13.1 Å². The lowest BCUT2D eigenvalue weighted by Gasteiger charge is -2.15. The Morgan fingerprint density at radius 2 is 1.78 bits per heavy atom. The summed E-state index contributed by atoms with van der Waals surface area (Å²) in [5.41, 5.74) is 2.34. The van der Waals surface area contributed by atoms with Gasteiger partial charge >= 0.3 is 0 Å². The predicted molar refractivity (Wildman–Crippen MR) is 89.6 cm³/mol. The van der Waals surface area contributed by atoms with Crippen LogP contribution in [0.1, 0.15) is 30.4 Å². The van der Waals surface area contributed by atoms with Gasteiger partial charge in [-0.15, -0.1) is 0 Å². The van der Waals surface area contributed by atoms with Gasteiger partial charge in [-0.25, -0.2) is 8.42 Å². The van der Waals surface area contributed by atoms with Crippen LogP contribution >= 0.6 is 0 Å². The summed E-state index contributed by atoms with van der Waals surface area (Å²) in [7, 11) is -3.01. The molecular weight excluding hydrogens is 312 g/mol. The fourth-order valence-corrected chi connectivity index (χ4v) is 5.04. The summed E-state index contributed by atoms with van der Waals surface area (Å²) < 4.78 is 22.8. The third kappa shape index (κ3) is 4.54. The molecule has 0 radical (unpaired) electrons. The van der Waals surface area contributed by atoms with Gasteiger partial charge in [0.05, 0.1) is 17.4 Å². The molecule has 126 valence electrons. The molecule has 2 aliphatic rings. The van der Waals surface area contributed by atoms with E-state index in [0.29, 0.717) is 13.0 Å². The van der Waals surface area contributed by atoms with Crippen LogP contribution in [0.5, 0.6) is 0 Å². The van der Waals surface area contributed by atoms with Crippen LogP contribution in [-0.2, 0) is 27.7 Å². The van der Waals surface area contributed by atoms with E-state index in [1.54, 1.807) is 0 Å². The van der Waals surface area contributed by atoms with E-state index in [1.165, 1.54) is 31.5 Å². The summed E-state index contributed by atoms with van der Waals surface area (Å²) in [5.74, 6) is -0.397. The molecule has 0 bridgehead atoms. The van der Waals surface area contributed by atoms with E-state index < -0.39 is 9.84 Å². The van der Waals surface area contributed by atoms with Crippen LogP contribution in [0.15, 0.2) is 24.3 Å². The summed E-state index contributed by atoms with van der Waals surface area (Å²) >= 11 is 0. The number of sulfone groups is 1. The van der Waals surface area contributed by atoms with Crippen molar-refractivity contribution in [3.63, 3.8) is 0 Å². The quantitative estimate of drug-likeness (QED) is 0.881. The Hall–Kier alpha value is -1.40. The van der Waals surface area contributed by atoms with E-state index in [1.807, 2.05) is 12.1 Å². The molecule has 2 saturated heterocycles. The number of hydrogen-bond donors (Lipinski definition) is 1. The van der Waals surface area contributed by atoms with E-state index >= 15 is 0 Å². The zero-order valence-electron chi connectivity index (χ0n) is 13.3. The molecular formula is C17H24N2O3S. The maximum atomic E-state index is 12.0. The third-order valence-corrected chi connectivity index (χ3v) is 6.47. The Balaban J connectivity index is 1.47. The molecule has 1 aromatic carbocycles. The second kappa shape index (κ2) is 7.01. The van der Waals surface area contributed by atoms with Crippen molar-refractivity contribution in [3.05, 3.63) is 35.4 Å². The molecule has 6 heteroatoms. The van der Waals surface area contributed by atoms with Gasteiger partial charge in [-0.3, -0.25) is 9.69 Å². The molecule has 3 rings (SSSR count). The van der Waals surface area contributed by atoms with E-state index in [4.69, 9.17) is 0 Å². The van der Waals surface area contributed by atoms with Gasteiger partial charge in [-0.05, 0) is 43.5 Å². The number of likely N-dealkylation sites (tertiary alicyclic amines) is 1. The van der Waals surface area contributed by atoms with Crippen molar-refractivity contribution in [2.24, 2.45) is 5.92 Å². The highest BCUT2D eigenvalue weighted by Crippen LogP contribution is 2.18. The molecule has 0 saturated carbocycles. The first-order chi connectivity index (χ1) is 11.0. The van der Waals surface area contributed by atoms with Crippen molar-refractivity contribution in [2.45, 2.75) is 32.4 Å². The average Bonchev–Trinajstić information content (AvgIpc) is 3.15. The number of carbonyl (C=O) groups is 1. The molecule has 2 fully saturated rings. The molecule has 1 atom stereocenters. The molecule has 0 spiro atoms. The monoisotopic (exact) mass is 336 g/mol. The van der Waals surface area contributed by atoms with Gasteiger partial charge in [0.2, 0.25) is 5.91 Å². The summed E-state index contributed by atoms with van der Waals surface area (Å²) in [6.45, 7) is 3.82. The Bertz CT molecular complexity index is 649. The minimum Gasteiger partial charge on any atom is -0.352 e. The number of rotatable bonds is 5. The van der Waals surface area contributed by atoms with Crippen molar-refractivity contribution in [1.82, 2.24) is 10.2 Å². The van der Waals surface area contributed by atoms with Crippen LogP contribution in [0.25, 0.3) is 0 Å². The minimum absolute atomic E-state index is 0.00634. The summed E-state index contributed by atoms with van der Waals surface area (Å²) in [6, 6.07) is 8.30. The number of benzene rings is 1. The Kier molecular flexibility index (Phi) is 5.02. The maximum Gasteiger partial charge on any atom is 0.224 e. The first kappa shape index (κ1) is 16.5. The molecule has 23 heavy (non-hydrogen) atoms. The topological polar surface area (TPSA) is 66.5 Å². The molecule has 2 aliphatic heterocycles. The Labute approximate surface area is 138 Å². The van der Waals surface area contributed by atoms with E-state index in [0.717, 1.165) is 12.1 Å². The molecule has 0 aromatic heterocycles. The number of amides is 1. The van der Waals surface area contributed by atoms with Crippen molar-refractivity contribution < 1.29 is 13.2 Å². The van der Waals surface area contributed by atoms with E-state index in [9.17, 15) is 13.2 Å². The van der Waals surface area contributed by atoms with Crippen molar-refractivity contribution in [2.75, 3.05) is 24.6 Å². The second-order valence-electron chi connectivity index (χ2n) is 6.62. The smallest absolute Gasteiger partial charge is 0.224 e. The Morgan fingerprint density at radius 3 is 2.39 bits per heavy atom. The van der Waals surface area contributed by atoms with E-state index in [-0.39, 0.29) is 23.3 Å². The standard InChI is InChI=1S/C17H24N2O3S/c20-17(16-7-10-23(21,22)13-16)18-11-14-3-5-15(6-4-14)12-19-8-1-2-9-19/h3-6,16H,1-2,7-13H2,(H,18,20). The predicted octanol–water partition coefficient (Wildman–Crippen LogP) is 1.33. The molecule has 1 amide bonds. The first-order valence-electron chi connectivity index (χ1n) is 8.30. The molecule has 1 unspecified atom stereocenters. The van der Waals surface area contributed by atoms with Crippen LogP contribution in [0.3, 0.4) is 0 Å². The second-order valence-corrected chi connectivity index (χ2v) is 8.85. The number of nitrogens with one attached hydrogen (secondary N) is 1. The lowest BCUT2D eigenvalue weighted by Crippen LogP contribution is -2.30. The zero-order chi connectivity index (χ0) is 16.3. The van der Waals surface area contributed by atoms with E-state index in [2.05, 4.69) is 22.3 Å². The van der Waals surface area contributed by atoms with Crippen LogP contribution in [0, 0.1) is 5.92 Å². The Morgan fingerprint density at radius 1 is 1.13 bits per heavy atom. The van der Waals surface area contributed by atoms with Gasteiger partial charge in [-0.1, -0.05) is 24.3 Å². The van der Waals surface area contributed by atoms with Crippen molar-refractivity contribution in [3.8, 4) is 0 Å². The third-order valence-electron chi connectivity index (χ3n) is 4.70. The van der Waals surface area contributed by atoms with Gasteiger partial charge < -0.3 is 5.32 Å². The fraction of sp³-hybridized carbons (Fsp3) is 0.588. The van der Waals surface area contributed by atoms with Crippen LogP contribution in [0.2, 0.25) is 0 Å². The lowest BCUT2D eigenvalue weighted by molar-refractivity contribution is -0.124. The molecule has 1 N–H and O–H groups in total. The molecule has 5 nitrogen and oxygen atoms in total. The largest absolute Gasteiger partial charge is 0.352 e. The van der Waals surface area contributed by atoms with Crippen molar-refractivity contribution in [1.29, 1.82) is 0 Å². The average molecular weight is 336 g/mol. The molecule has 0 aliphatic carbocycles. The minimum atomic E-state index is -3.01. The highest BCUT2D eigenvalue weighted by Gasteiger charge is 2.32. The van der Waals surface area contributed by atoms with Gasteiger partial charge in [0.25, 0.3) is 0 Å². The first-order valence-corrected chi connectivity index (χ1v) is 10.1. The summed E-state index contributed by atoms with van der Waals surface area (Å²) in [5, 5.41) is 2.86.